The fourth-order valence-electron chi connectivity index (χ4n) is 18.4. The average Bonchev–Trinajstić information content (AvgIpc) is 1.74. The molecule has 0 N–H and O–H groups in total. The lowest BCUT2D eigenvalue weighted by atomic mass is 9.93. The van der Waals surface area contributed by atoms with Crippen molar-refractivity contribution < 1.29 is 0 Å². The van der Waals surface area contributed by atoms with Gasteiger partial charge >= 0.3 is 0 Å². The maximum atomic E-state index is 4.72. The Balaban J connectivity index is 0.000000107. The van der Waals surface area contributed by atoms with Gasteiger partial charge in [0, 0.05) is 130 Å². The fourth-order valence-corrected chi connectivity index (χ4v) is 21.9. The van der Waals surface area contributed by atoms with Crippen molar-refractivity contribution >= 4 is 192 Å². The van der Waals surface area contributed by atoms with Gasteiger partial charge < -0.3 is 0 Å². The number of benzene rings is 18. The van der Waals surface area contributed by atoms with E-state index in [0.717, 1.165) is 65.4 Å². The Hall–Kier alpha value is -13.8. The number of fused-ring (bicyclic) bond motifs is 27. The predicted octanol–water partition coefficient (Wildman–Crippen LogP) is 31.6. The zero-order valence-corrected chi connectivity index (χ0v) is 69.1. The monoisotopic (exact) mass is 1580 g/mol. The number of rotatable bonds is 7. The first-order chi connectivity index (χ1) is 58.3. The third-order valence-electron chi connectivity index (χ3n) is 24.3. The van der Waals surface area contributed by atoms with Crippen LogP contribution < -0.4 is 0 Å². The first-order valence-electron chi connectivity index (χ1n) is 40.7. The van der Waals surface area contributed by atoms with E-state index in [1.807, 2.05) is 34.0 Å². The van der Waals surface area contributed by atoms with Crippen LogP contribution in [0, 0.1) is 34.6 Å². The molecule has 0 amide bonds. The van der Waals surface area contributed by atoms with Gasteiger partial charge in [0.25, 0.3) is 0 Å². The highest BCUT2D eigenvalue weighted by molar-refractivity contribution is 7.27. The minimum Gasteiger partial charge on any atom is -0.252 e. The highest BCUT2D eigenvalue weighted by atomic mass is 32.1. The van der Waals surface area contributed by atoms with Crippen LogP contribution in [0.1, 0.15) is 53.1 Å². The van der Waals surface area contributed by atoms with Crippen LogP contribution in [0.15, 0.2) is 328 Å². The first-order valence-corrected chi connectivity index (χ1v) is 43.1. The molecule has 0 bridgehead atoms. The number of thiophene rings is 3. The Morgan fingerprint density at radius 3 is 0.899 bits per heavy atom. The molecule has 564 valence electrons. The van der Waals surface area contributed by atoms with E-state index >= 15 is 0 Å². The van der Waals surface area contributed by atoms with E-state index in [0.29, 0.717) is 5.92 Å². The molecule has 0 spiro atoms. The van der Waals surface area contributed by atoms with E-state index in [1.165, 1.54) is 193 Å². The summed E-state index contributed by atoms with van der Waals surface area (Å²) in [6, 6.07) is 107. The lowest BCUT2D eigenvalue weighted by Gasteiger charge is -2.12. The molecule has 24 rings (SSSR count). The molecular formula is C110H76N6S3. The van der Waals surface area contributed by atoms with Crippen LogP contribution in [0.25, 0.3) is 225 Å². The topological polar surface area (TPSA) is 77.3 Å². The second-order valence-electron chi connectivity index (χ2n) is 32.1. The minimum atomic E-state index is 0.517. The first kappa shape index (κ1) is 71.7. The molecule has 0 unspecified atom stereocenters. The van der Waals surface area contributed by atoms with Gasteiger partial charge in [-0.05, 0) is 258 Å². The van der Waals surface area contributed by atoms with Gasteiger partial charge in [-0.15, -0.1) is 34.0 Å². The largest absolute Gasteiger partial charge is 0.252 e. The summed E-state index contributed by atoms with van der Waals surface area (Å²) in [6.45, 7) is 15.6. The lowest BCUT2D eigenvalue weighted by Crippen LogP contribution is -1.89. The Labute approximate surface area is 699 Å². The minimum absolute atomic E-state index is 0.517. The third kappa shape index (κ3) is 12.3. The Kier molecular flexibility index (Phi) is 17.4. The number of hydrogen-bond acceptors (Lipinski definition) is 9. The van der Waals surface area contributed by atoms with Gasteiger partial charge in [-0.25, -0.2) is 0 Å². The van der Waals surface area contributed by atoms with E-state index in [1.54, 1.807) is 37.2 Å². The quantitative estimate of drug-likeness (QED) is 0.148. The molecule has 0 radical (unpaired) electrons. The van der Waals surface area contributed by atoms with E-state index in [4.69, 9.17) is 15.0 Å². The van der Waals surface area contributed by atoms with E-state index in [2.05, 4.69) is 355 Å². The lowest BCUT2D eigenvalue weighted by molar-refractivity contribution is 0.869. The van der Waals surface area contributed by atoms with E-state index in [-0.39, 0.29) is 0 Å². The molecule has 9 heteroatoms. The molecule has 0 aliphatic heterocycles. The van der Waals surface area contributed by atoms with Crippen LogP contribution in [-0.4, -0.2) is 29.9 Å². The summed E-state index contributed by atoms with van der Waals surface area (Å²) >= 11 is 5.71. The molecule has 0 saturated carbocycles. The van der Waals surface area contributed by atoms with E-state index < -0.39 is 0 Å². The maximum Gasteiger partial charge on any atom is 0.0971 e. The fraction of sp³-hybridized carbons (Fsp3) is 0.0727. The Morgan fingerprint density at radius 1 is 0.193 bits per heavy atom. The molecule has 0 aliphatic carbocycles. The van der Waals surface area contributed by atoms with Gasteiger partial charge in [-0.1, -0.05) is 220 Å². The van der Waals surface area contributed by atoms with Gasteiger partial charge in [0.05, 0.1) is 33.1 Å². The van der Waals surface area contributed by atoms with Crippen molar-refractivity contribution in [3.8, 4) is 66.8 Å². The van der Waals surface area contributed by atoms with Crippen LogP contribution in [0.2, 0.25) is 0 Å². The second-order valence-corrected chi connectivity index (χ2v) is 35.2. The molecule has 24 aromatic rings. The van der Waals surface area contributed by atoms with Gasteiger partial charge in [0.2, 0.25) is 0 Å². The predicted molar refractivity (Wildman–Crippen MR) is 513 cm³/mol. The smallest absolute Gasteiger partial charge is 0.0971 e. The summed E-state index contributed by atoms with van der Waals surface area (Å²) < 4.78 is 8.26. The van der Waals surface area contributed by atoms with Crippen molar-refractivity contribution in [3.05, 3.63) is 362 Å². The van der Waals surface area contributed by atoms with Crippen molar-refractivity contribution in [2.75, 3.05) is 0 Å². The van der Waals surface area contributed by atoms with Crippen molar-refractivity contribution in [1.82, 2.24) is 29.9 Å². The molecule has 6 nitrogen and oxygen atoms in total. The molecular weight excluding hydrogens is 1500 g/mol. The van der Waals surface area contributed by atoms with Crippen LogP contribution in [0.4, 0.5) is 0 Å². The highest BCUT2D eigenvalue weighted by Crippen LogP contribution is 2.47. The summed E-state index contributed by atoms with van der Waals surface area (Å²) in [4.78, 5) is 28.2. The Bertz CT molecular complexity index is 8270. The summed E-state index contributed by atoms with van der Waals surface area (Å²) in [5.41, 5.74) is 28.5. The molecule has 119 heavy (non-hydrogen) atoms. The van der Waals surface area contributed by atoms with Crippen LogP contribution in [0.5, 0.6) is 0 Å². The third-order valence-corrected chi connectivity index (χ3v) is 28.4. The van der Waals surface area contributed by atoms with E-state index in [9.17, 15) is 0 Å². The van der Waals surface area contributed by atoms with Crippen molar-refractivity contribution in [1.29, 1.82) is 0 Å². The SMILES string of the molecule is CC(C)c1ccc2sc3ccc(-c4cccc(-c5ccc6c(c5)c5ccccc5c5nccnc65)c4)cc3c2c1.Cc1cc(C)c2sc3c(C)cc(-c4cccc(-c5ccc6c(c5)c5ccccc5c5nccnc65)c4)cc3c2c1.Cc1cccc2c1sc1c(C)cc(-c3cccc(-c4ccc5c(c4)c4ccccc4c4nccnc54)c3)cc12. The molecule has 6 heterocycles. The highest BCUT2D eigenvalue weighted by Gasteiger charge is 2.20. The van der Waals surface area contributed by atoms with Gasteiger partial charge in [0.15, 0.2) is 0 Å². The maximum absolute atomic E-state index is 4.72. The van der Waals surface area contributed by atoms with Gasteiger partial charge in [0.1, 0.15) is 0 Å². The van der Waals surface area contributed by atoms with Crippen LogP contribution >= 0.6 is 34.0 Å². The summed E-state index contributed by atoms with van der Waals surface area (Å²) in [7, 11) is 0. The zero-order valence-electron chi connectivity index (χ0n) is 66.7. The standard InChI is InChI=1S/2C37H26N2S.C36H24N2S/c1-21-15-22(2)36-32(16-21)33-20-27(17-23(3)37(33)40-36)25-8-6-7-24(18-25)26-11-12-30-31(19-26)28-9-4-5-10-29(28)34-35(30)39-14-13-38-34;1-22(2)23-11-14-34-32(19-23)33-21-27(12-15-35(33)40-34)25-7-5-6-24(18-25)26-10-13-30-31(20-26)28-8-3-4-9-29(28)36-37(30)39-17-16-38-36;1-21-7-5-12-30-32-20-26(17-22(2)36(32)39-35(21)30)24-9-6-8-23(18-24)25-13-14-29-31(19-25)27-10-3-4-11-28(27)33-34(29)38-16-15-37-33/h4-20H,1-3H3;3-22H,1-2H3;3-20H,1-2H3. The van der Waals surface area contributed by atoms with Crippen LogP contribution in [-0.2, 0) is 0 Å². The molecule has 0 fully saturated rings. The second kappa shape index (κ2) is 28.8. The molecule has 0 atom stereocenters. The molecule has 0 saturated heterocycles. The zero-order chi connectivity index (χ0) is 79.8. The number of aryl methyl sites for hydroxylation is 5. The number of hydrogen-bond donors (Lipinski definition) is 0. The average molecular weight is 1580 g/mol. The number of nitrogens with zero attached hydrogens (tertiary/aromatic N) is 6. The Morgan fingerprint density at radius 2 is 0.487 bits per heavy atom. The van der Waals surface area contributed by atoms with Crippen molar-refractivity contribution in [2.24, 2.45) is 0 Å². The number of aromatic nitrogens is 6. The van der Waals surface area contributed by atoms with Crippen molar-refractivity contribution in [3.63, 3.8) is 0 Å². The molecule has 0 aliphatic rings. The molecule has 6 aromatic heterocycles. The van der Waals surface area contributed by atoms with Crippen molar-refractivity contribution in [2.45, 2.75) is 54.4 Å². The summed E-state index contributed by atoms with van der Waals surface area (Å²) in [5.74, 6) is 0.517. The molecule has 18 aromatic carbocycles. The van der Waals surface area contributed by atoms with Gasteiger partial charge in [-0.3, -0.25) is 29.9 Å². The summed E-state index contributed by atoms with van der Waals surface area (Å²) in [6.07, 6.45) is 10.7. The normalized spacial score (nSPS) is 11.9. The van der Waals surface area contributed by atoms with Crippen LogP contribution in [0.3, 0.4) is 0 Å². The van der Waals surface area contributed by atoms with Gasteiger partial charge in [-0.2, -0.15) is 0 Å². The summed E-state index contributed by atoms with van der Waals surface area (Å²) in [5, 5.41) is 22.2.